The molecule has 1 aliphatic rings. The first kappa shape index (κ1) is 13.4. The smallest absolute Gasteiger partial charge is 0.218 e. The Bertz CT molecular complexity index is 451. The minimum atomic E-state index is -0.283. The van der Waals surface area contributed by atoms with Crippen molar-refractivity contribution in [3.63, 3.8) is 0 Å². The predicted octanol–water partition coefficient (Wildman–Crippen LogP) is 1.61. The quantitative estimate of drug-likeness (QED) is 0.868. The molecule has 3 N–H and O–H groups in total. The van der Waals surface area contributed by atoms with E-state index < -0.39 is 0 Å². The zero-order chi connectivity index (χ0) is 13.1. The van der Waals surface area contributed by atoms with Crippen LogP contribution in [0, 0.1) is 0 Å². The van der Waals surface area contributed by atoms with Crippen LogP contribution >= 0.6 is 15.9 Å². The van der Waals surface area contributed by atoms with E-state index in [9.17, 15) is 4.79 Å². The summed E-state index contributed by atoms with van der Waals surface area (Å²) in [5.74, 6) is 0.669. The van der Waals surface area contributed by atoms with Crippen LogP contribution in [0.25, 0.3) is 0 Å². The van der Waals surface area contributed by atoms with Crippen LogP contribution in [0.3, 0.4) is 0 Å². The number of nitrogens with two attached hydrogens (primary N) is 1. The number of carbonyl (C=O) groups is 1. The van der Waals surface area contributed by atoms with Gasteiger partial charge in [-0.2, -0.15) is 0 Å². The maximum absolute atomic E-state index is 10.8. The number of halogens is 1. The Hall–Kier alpha value is -1.07. The van der Waals surface area contributed by atoms with Crippen molar-refractivity contribution in [2.75, 3.05) is 6.54 Å². The first-order chi connectivity index (χ1) is 8.54. The first-order valence-electron chi connectivity index (χ1n) is 6.01. The molecule has 0 saturated heterocycles. The number of carbonyl (C=O) groups excluding carboxylic acids is 1. The first-order valence-corrected chi connectivity index (χ1v) is 6.80. The average molecular weight is 313 g/mol. The van der Waals surface area contributed by atoms with Gasteiger partial charge in [0.05, 0.1) is 0 Å². The molecule has 18 heavy (non-hydrogen) atoms. The fourth-order valence-electron chi connectivity index (χ4n) is 2.11. The van der Waals surface area contributed by atoms with E-state index >= 15 is 0 Å². The standard InChI is InChI=1S/C13H17BrN2O2/c1-8(4-13(15)17)16-7-11-6-9-5-10(14)2-3-12(9)18-11/h2-3,5,8,11,16H,4,6-7H2,1H3,(H2,15,17). The number of hydrogen-bond donors (Lipinski definition) is 2. The van der Waals surface area contributed by atoms with Crippen LogP contribution in [0.4, 0.5) is 0 Å². The molecule has 1 aliphatic heterocycles. The number of ether oxygens (including phenoxy) is 1. The summed E-state index contributed by atoms with van der Waals surface area (Å²) in [6.45, 7) is 2.67. The minimum absolute atomic E-state index is 0.0848. The molecular formula is C13H17BrN2O2. The topological polar surface area (TPSA) is 64.4 Å². The summed E-state index contributed by atoms with van der Waals surface area (Å²) in [7, 11) is 0. The summed E-state index contributed by atoms with van der Waals surface area (Å²) >= 11 is 3.45. The minimum Gasteiger partial charge on any atom is -0.488 e. The van der Waals surface area contributed by atoms with Crippen LogP contribution in [0.5, 0.6) is 5.75 Å². The van der Waals surface area contributed by atoms with E-state index in [1.54, 1.807) is 0 Å². The Labute approximate surface area is 115 Å². The van der Waals surface area contributed by atoms with Crippen LogP contribution < -0.4 is 15.8 Å². The fraction of sp³-hybridized carbons (Fsp3) is 0.462. The van der Waals surface area contributed by atoms with Crippen LogP contribution in [0.15, 0.2) is 22.7 Å². The number of hydrogen-bond acceptors (Lipinski definition) is 3. The van der Waals surface area contributed by atoms with Crippen LogP contribution in [-0.4, -0.2) is 24.6 Å². The summed E-state index contributed by atoms with van der Waals surface area (Å²) in [6, 6.07) is 6.13. The Morgan fingerprint density at radius 1 is 1.67 bits per heavy atom. The molecule has 1 aromatic rings. The van der Waals surface area contributed by atoms with Crippen molar-refractivity contribution < 1.29 is 9.53 Å². The van der Waals surface area contributed by atoms with Gasteiger partial charge in [0.15, 0.2) is 0 Å². The third-order valence-electron chi connectivity index (χ3n) is 2.97. The van der Waals surface area contributed by atoms with E-state index in [0.29, 0.717) is 6.42 Å². The molecule has 2 atom stereocenters. The lowest BCUT2D eigenvalue weighted by atomic mass is 10.1. The molecule has 1 heterocycles. The SMILES string of the molecule is CC(CC(N)=O)NCC1Cc2cc(Br)ccc2O1. The number of fused-ring (bicyclic) bond motifs is 1. The number of rotatable bonds is 5. The van der Waals surface area contributed by atoms with Gasteiger partial charge in [0.1, 0.15) is 11.9 Å². The number of primary amides is 1. The third kappa shape index (κ3) is 3.46. The Morgan fingerprint density at radius 3 is 3.17 bits per heavy atom. The summed E-state index contributed by atoms with van der Waals surface area (Å²) in [5, 5.41) is 3.27. The lowest BCUT2D eigenvalue weighted by molar-refractivity contribution is -0.118. The van der Waals surface area contributed by atoms with Gasteiger partial charge in [-0.3, -0.25) is 4.79 Å². The Kier molecular flexibility index (Phi) is 4.24. The van der Waals surface area contributed by atoms with Gasteiger partial charge in [-0.1, -0.05) is 15.9 Å². The van der Waals surface area contributed by atoms with Gasteiger partial charge < -0.3 is 15.8 Å². The van der Waals surface area contributed by atoms with Gasteiger partial charge in [-0.15, -0.1) is 0 Å². The van der Waals surface area contributed by atoms with Crippen molar-refractivity contribution in [3.05, 3.63) is 28.2 Å². The molecule has 2 rings (SSSR count). The van der Waals surface area contributed by atoms with Crippen LogP contribution in [0.1, 0.15) is 18.9 Å². The summed E-state index contributed by atoms with van der Waals surface area (Å²) in [6.07, 6.45) is 1.38. The number of benzene rings is 1. The average Bonchev–Trinajstić information content (AvgIpc) is 2.67. The van der Waals surface area contributed by atoms with E-state index in [0.717, 1.165) is 23.2 Å². The maximum Gasteiger partial charge on any atom is 0.218 e. The van der Waals surface area contributed by atoms with E-state index in [-0.39, 0.29) is 18.1 Å². The molecule has 0 spiro atoms. The molecule has 0 aliphatic carbocycles. The zero-order valence-corrected chi connectivity index (χ0v) is 11.9. The van der Waals surface area contributed by atoms with E-state index in [1.807, 2.05) is 19.1 Å². The number of amides is 1. The Balaban J connectivity index is 1.83. The molecule has 2 unspecified atom stereocenters. The summed E-state index contributed by atoms with van der Waals surface area (Å²) in [5.41, 5.74) is 6.37. The molecule has 1 aromatic carbocycles. The van der Waals surface area contributed by atoms with Crippen molar-refractivity contribution in [2.24, 2.45) is 5.73 Å². The van der Waals surface area contributed by atoms with Crippen molar-refractivity contribution in [2.45, 2.75) is 31.9 Å². The van der Waals surface area contributed by atoms with Gasteiger partial charge in [-0.25, -0.2) is 0 Å². The number of nitrogens with one attached hydrogen (secondary N) is 1. The second-order valence-corrected chi connectivity index (χ2v) is 5.59. The molecule has 0 fully saturated rings. The van der Waals surface area contributed by atoms with Gasteiger partial charge in [-0.05, 0) is 30.7 Å². The highest BCUT2D eigenvalue weighted by Gasteiger charge is 2.23. The molecular weight excluding hydrogens is 296 g/mol. The molecule has 0 aromatic heterocycles. The van der Waals surface area contributed by atoms with E-state index in [1.165, 1.54) is 5.56 Å². The second-order valence-electron chi connectivity index (χ2n) is 4.68. The molecule has 5 heteroatoms. The van der Waals surface area contributed by atoms with Crippen LogP contribution in [-0.2, 0) is 11.2 Å². The molecule has 0 saturated carbocycles. The van der Waals surface area contributed by atoms with Gasteiger partial charge >= 0.3 is 0 Å². The lowest BCUT2D eigenvalue weighted by Gasteiger charge is -2.16. The largest absolute Gasteiger partial charge is 0.488 e. The molecule has 1 amide bonds. The highest BCUT2D eigenvalue weighted by Crippen LogP contribution is 2.30. The predicted molar refractivity (Wildman–Crippen MR) is 73.5 cm³/mol. The van der Waals surface area contributed by atoms with Crippen molar-refractivity contribution in [3.8, 4) is 5.75 Å². The van der Waals surface area contributed by atoms with Gasteiger partial charge in [0.2, 0.25) is 5.91 Å². The fourth-order valence-corrected chi connectivity index (χ4v) is 2.52. The van der Waals surface area contributed by atoms with E-state index in [4.69, 9.17) is 10.5 Å². The van der Waals surface area contributed by atoms with Crippen LogP contribution in [0.2, 0.25) is 0 Å². The summed E-state index contributed by atoms with van der Waals surface area (Å²) in [4.78, 5) is 10.8. The highest BCUT2D eigenvalue weighted by molar-refractivity contribution is 9.10. The van der Waals surface area contributed by atoms with Gasteiger partial charge in [0, 0.05) is 29.9 Å². The van der Waals surface area contributed by atoms with Crippen molar-refractivity contribution in [1.29, 1.82) is 0 Å². The second kappa shape index (κ2) is 5.71. The van der Waals surface area contributed by atoms with Crippen molar-refractivity contribution in [1.82, 2.24) is 5.32 Å². The summed E-state index contributed by atoms with van der Waals surface area (Å²) < 4.78 is 6.89. The molecule has 98 valence electrons. The third-order valence-corrected chi connectivity index (χ3v) is 3.46. The maximum atomic E-state index is 10.8. The zero-order valence-electron chi connectivity index (χ0n) is 10.3. The van der Waals surface area contributed by atoms with Crippen molar-refractivity contribution >= 4 is 21.8 Å². The molecule has 4 nitrogen and oxygen atoms in total. The monoisotopic (exact) mass is 312 g/mol. The molecule has 0 bridgehead atoms. The van der Waals surface area contributed by atoms with E-state index in [2.05, 4.69) is 27.3 Å². The highest BCUT2D eigenvalue weighted by atomic mass is 79.9. The lowest BCUT2D eigenvalue weighted by Crippen LogP contribution is -2.38. The molecule has 0 radical (unpaired) electrons. The normalized spacial score (nSPS) is 19.1. The van der Waals surface area contributed by atoms with Gasteiger partial charge in [0.25, 0.3) is 0 Å². The Morgan fingerprint density at radius 2 is 2.44 bits per heavy atom.